The second-order valence-electron chi connectivity index (χ2n) is 5.59. The largest absolute Gasteiger partial charge is 0.464 e. The lowest BCUT2D eigenvalue weighted by Gasteiger charge is -2.11. The number of aromatic nitrogens is 2. The monoisotopic (exact) mass is 379 g/mol. The molecule has 0 fully saturated rings. The summed E-state index contributed by atoms with van der Waals surface area (Å²) in [6.45, 7) is 1.78. The molecule has 0 saturated heterocycles. The molecule has 0 spiro atoms. The van der Waals surface area contributed by atoms with Crippen LogP contribution in [0.15, 0.2) is 70.7 Å². The van der Waals surface area contributed by atoms with Crippen LogP contribution in [0.25, 0.3) is 0 Å². The van der Waals surface area contributed by atoms with Gasteiger partial charge in [-0.2, -0.15) is 0 Å². The molecule has 2 aromatic carbocycles. The maximum absolute atomic E-state index is 12.4. The molecule has 1 heterocycles. The second kappa shape index (κ2) is 8.46. The Bertz CT molecular complexity index is 977. The van der Waals surface area contributed by atoms with Crippen LogP contribution in [0.1, 0.15) is 26.5 Å². The minimum absolute atomic E-state index is 0.193. The second-order valence-corrected chi connectivity index (χ2v) is 6.60. The lowest BCUT2D eigenvalue weighted by molar-refractivity contribution is 0.0592. The molecule has 0 unspecified atom stereocenters. The van der Waals surface area contributed by atoms with Crippen LogP contribution < -0.4 is 5.32 Å². The number of ether oxygens (including phenoxy) is 1. The molecule has 0 bridgehead atoms. The van der Waals surface area contributed by atoms with Crippen molar-refractivity contribution in [2.24, 2.45) is 0 Å². The third-order valence-corrected chi connectivity index (χ3v) is 4.54. The predicted octanol–water partition coefficient (Wildman–Crippen LogP) is 3.98. The van der Waals surface area contributed by atoms with Gasteiger partial charge in [-0.1, -0.05) is 30.3 Å². The van der Waals surface area contributed by atoms with Gasteiger partial charge in [0.25, 0.3) is 5.91 Å². The van der Waals surface area contributed by atoms with E-state index < -0.39 is 5.97 Å². The third-order valence-electron chi connectivity index (χ3n) is 3.60. The number of amides is 1. The minimum Gasteiger partial charge on any atom is -0.464 e. The Kier molecular flexibility index (Phi) is 5.83. The lowest BCUT2D eigenvalue weighted by atomic mass is 10.2. The number of carbonyl (C=O) groups is 2. The summed E-state index contributed by atoms with van der Waals surface area (Å²) in [5.41, 5.74) is 2.05. The minimum atomic E-state index is -0.520. The fraction of sp³-hybridized carbons (Fsp3) is 0.100. The number of methoxy groups -OCH3 is 1. The molecule has 0 radical (unpaired) electrons. The van der Waals surface area contributed by atoms with Crippen LogP contribution in [0.4, 0.5) is 5.69 Å². The van der Waals surface area contributed by atoms with Gasteiger partial charge in [-0.15, -0.1) is 0 Å². The fourth-order valence-corrected chi connectivity index (χ4v) is 3.24. The quantitative estimate of drug-likeness (QED) is 0.533. The maximum Gasteiger partial charge on any atom is 0.356 e. The fourth-order valence-electron chi connectivity index (χ4n) is 2.34. The Hall–Kier alpha value is -3.19. The molecule has 0 saturated carbocycles. The molecule has 0 aliphatic rings. The molecular weight excluding hydrogens is 362 g/mol. The summed E-state index contributed by atoms with van der Waals surface area (Å²) in [5, 5.41) is 3.30. The first-order valence-electron chi connectivity index (χ1n) is 8.14. The molecule has 3 rings (SSSR count). The van der Waals surface area contributed by atoms with E-state index in [1.54, 1.807) is 31.2 Å². The van der Waals surface area contributed by atoms with Gasteiger partial charge >= 0.3 is 5.97 Å². The van der Waals surface area contributed by atoms with E-state index in [2.05, 4.69) is 15.3 Å². The Morgan fingerprint density at radius 3 is 2.44 bits per heavy atom. The van der Waals surface area contributed by atoms with Gasteiger partial charge in [0.1, 0.15) is 0 Å². The van der Waals surface area contributed by atoms with Gasteiger partial charge in [0, 0.05) is 16.2 Å². The van der Waals surface area contributed by atoms with Crippen molar-refractivity contribution < 1.29 is 14.3 Å². The van der Waals surface area contributed by atoms with Crippen molar-refractivity contribution in [3.8, 4) is 0 Å². The third kappa shape index (κ3) is 4.71. The summed E-state index contributed by atoms with van der Waals surface area (Å²) in [5.74, 6) is -0.725. The summed E-state index contributed by atoms with van der Waals surface area (Å²) in [6.07, 6.45) is 0. The number of benzene rings is 2. The van der Waals surface area contributed by atoms with Crippen LogP contribution >= 0.6 is 11.8 Å². The molecule has 27 heavy (non-hydrogen) atoms. The van der Waals surface area contributed by atoms with Crippen LogP contribution in [0.5, 0.6) is 0 Å². The van der Waals surface area contributed by atoms with Crippen molar-refractivity contribution in [1.29, 1.82) is 0 Å². The molecule has 7 heteroatoms. The van der Waals surface area contributed by atoms with Gasteiger partial charge in [-0.05, 0) is 49.0 Å². The highest BCUT2D eigenvalue weighted by atomic mass is 32.2. The lowest BCUT2D eigenvalue weighted by Crippen LogP contribution is -2.12. The first kappa shape index (κ1) is 18.6. The van der Waals surface area contributed by atoms with Gasteiger partial charge in [-0.3, -0.25) is 4.79 Å². The Balaban J connectivity index is 1.86. The number of para-hydroxylation sites is 1. The van der Waals surface area contributed by atoms with Gasteiger partial charge in [-0.25, -0.2) is 14.8 Å². The SMILES string of the molecule is COC(=O)c1cc(C)nc(Sc2ccccc2NC(=O)c2ccccc2)n1. The molecule has 1 amide bonds. The predicted molar refractivity (Wildman–Crippen MR) is 103 cm³/mol. The van der Waals surface area contributed by atoms with Crippen LogP contribution in [-0.4, -0.2) is 29.0 Å². The Labute approximate surface area is 161 Å². The Morgan fingerprint density at radius 2 is 1.70 bits per heavy atom. The molecule has 1 aromatic heterocycles. The zero-order valence-corrected chi connectivity index (χ0v) is 15.6. The van der Waals surface area contributed by atoms with E-state index in [0.29, 0.717) is 22.1 Å². The summed E-state index contributed by atoms with van der Waals surface area (Å²) in [7, 11) is 1.31. The molecule has 0 atom stereocenters. The van der Waals surface area contributed by atoms with E-state index in [1.165, 1.54) is 18.9 Å². The highest BCUT2D eigenvalue weighted by molar-refractivity contribution is 7.99. The average molecular weight is 379 g/mol. The highest BCUT2D eigenvalue weighted by Gasteiger charge is 2.14. The van der Waals surface area contributed by atoms with Crippen LogP contribution in [-0.2, 0) is 4.74 Å². The number of nitrogens with zero attached hydrogens (tertiary/aromatic N) is 2. The van der Waals surface area contributed by atoms with E-state index >= 15 is 0 Å². The van der Waals surface area contributed by atoms with E-state index in [4.69, 9.17) is 4.74 Å². The van der Waals surface area contributed by atoms with E-state index in [1.807, 2.05) is 36.4 Å². The van der Waals surface area contributed by atoms with Crippen LogP contribution in [0, 0.1) is 6.92 Å². The highest BCUT2D eigenvalue weighted by Crippen LogP contribution is 2.32. The van der Waals surface area contributed by atoms with Crippen LogP contribution in [0.2, 0.25) is 0 Å². The number of carbonyl (C=O) groups excluding carboxylic acids is 2. The van der Waals surface area contributed by atoms with E-state index in [9.17, 15) is 9.59 Å². The van der Waals surface area contributed by atoms with Crippen molar-refractivity contribution in [3.63, 3.8) is 0 Å². The van der Waals surface area contributed by atoms with Gasteiger partial charge in [0.2, 0.25) is 0 Å². The number of esters is 1. The van der Waals surface area contributed by atoms with Crippen LogP contribution in [0.3, 0.4) is 0 Å². The number of aryl methyl sites for hydroxylation is 1. The van der Waals surface area contributed by atoms with Gasteiger partial charge < -0.3 is 10.1 Å². The zero-order valence-electron chi connectivity index (χ0n) is 14.8. The van der Waals surface area contributed by atoms with Gasteiger partial charge in [0.15, 0.2) is 10.9 Å². The summed E-state index contributed by atoms with van der Waals surface area (Å²) in [4.78, 5) is 33.6. The summed E-state index contributed by atoms with van der Waals surface area (Å²) >= 11 is 1.26. The van der Waals surface area contributed by atoms with Gasteiger partial charge in [0.05, 0.1) is 12.8 Å². The number of nitrogens with one attached hydrogen (secondary N) is 1. The summed E-state index contributed by atoms with van der Waals surface area (Å²) < 4.78 is 4.73. The first-order chi connectivity index (χ1) is 13.1. The van der Waals surface area contributed by atoms with E-state index in [0.717, 1.165) is 4.90 Å². The molecule has 3 aromatic rings. The number of hydrogen-bond donors (Lipinski definition) is 1. The normalized spacial score (nSPS) is 10.3. The summed E-state index contributed by atoms with van der Waals surface area (Å²) in [6, 6.07) is 17.9. The molecule has 6 nitrogen and oxygen atoms in total. The van der Waals surface area contributed by atoms with Crippen molar-refractivity contribution >= 4 is 29.3 Å². The smallest absolute Gasteiger partial charge is 0.356 e. The first-order valence-corrected chi connectivity index (χ1v) is 8.96. The molecule has 136 valence electrons. The molecular formula is C20H17N3O3S. The topological polar surface area (TPSA) is 81.2 Å². The standard InChI is InChI=1S/C20H17N3O3S/c1-13-12-16(19(25)26-2)23-20(21-13)27-17-11-7-6-10-15(17)22-18(24)14-8-4-3-5-9-14/h3-12H,1-2H3,(H,22,24). The van der Waals surface area contributed by atoms with Crippen molar-refractivity contribution in [2.45, 2.75) is 17.0 Å². The molecule has 0 aliphatic carbocycles. The number of anilines is 1. The number of rotatable bonds is 5. The molecule has 0 aliphatic heterocycles. The average Bonchev–Trinajstić information content (AvgIpc) is 2.69. The van der Waals surface area contributed by atoms with Crippen molar-refractivity contribution in [1.82, 2.24) is 9.97 Å². The maximum atomic E-state index is 12.4. The van der Waals surface area contributed by atoms with Crippen molar-refractivity contribution in [2.75, 3.05) is 12.4 Å². The van der Waals surface area contributed by atoms with E-state index in [-0.39, 0.29) is 11.6 Å². The number of hydrogen-bond acceptors (Lipinski definition) is 6. The zero-order chi connectivity index (χ0) is 19.2. The molecule has 1 N–H and O–H groups in total. The van der Waals surface area contributed by atoms with Crippen molar-refractivity contribution in [3.05, 3.63) is 77.6 Å². The Morgan fingerprint density at radius 1 is 1.00 bits per heavy atom.